The van der Waals surface area contributed by atoms with Gasteiger partial charge in [-0.25, -0.2) is 4.39 Å². The zero-order chi connectivity index (χ0) is 18.2. The van der Waals surface area contributed by atoms with Gasteiger partial charge < -0.3 is 9.47 Å². The summed E-state index contributed by atoms with van der Waals surface area (Å²) >= 11 is 0. The first-order valence-corrected chi connectivity index (χ1v) is 7.75. The summed E-state index contributed by atoms with van der Waals surface area (Å²) in [6.07, 6.45) is -0.842. The van der Waals surface area contributed by atoms with Crippen molar-refractivity contribution < 1.29 is 23.5 Å². The van der Waals surface area contributed by atoms with E-state index in [1.165, 1.54) is 18.2 Å². The van der Waals surface area contributed by atoms with E-state index in [0.29, 0.717) is 18.1 Å². The molecular formula is C18H19FN2O4. The number of rotatable bonds is 6. The van der Waals surface area contributed by atoms with Gasteiger partial charge in [-0.3, -0.25) is 20.4 Å². The average molecular weight is 346 g/mol. The molecule has 2 amide bonds. The maximum atomic E-state index is 13.1. The molecule has 0 aliphatic heterocycles. The zero-order valence-electron chi connectivity index (χ0n) is 13.9. The van der Waals surface area contributed by atoms with Gasteiger partial charge in [-0.05, 0) is 56.3 Å². The Morgan fingerprint density at radius 3 is 2.40 bits per heavy atom. The molecule has 132 valence electrons. The largest absolute Gasteiger partial charge is 0.494 e. The molecule has 2 N–H and O–H groups in total. The van der Waals surface area contributed by atoms with Crippen LogP contribution in [-0.4, -0.2) is 24.5 Å². The highest BCUT2D eigenvalue weighted by Gasteiger charge is 2.16. The minimum atomic E-state index is -0.842. The highest BCUT2D eigenvalue weighted by Crippen LogP contribution is 2.18. The van der Waals surface area contributed by atoms with Crippen LogP contribution in [0.25, 0.3) is 0 Å². The van der Waals surface area contributed by atoms with E-state index < -0.39 is 23.7 Å². The molecule has 0 spiro atoms. The second-order valence-corrected chi connectivity index (χ2v) is 5.12. The van der Waals surface area contributed by atoms with Crippen molar-refractivity contribution in [3.8, 4) is 11.5 Å². The SMILES string of the molecule is CCOc1ccc(OC(C)C(=O)NNC(=O)c2cccc(F)c2)cc1. The van der Waals surface area contributed by atoms with E-state index in [9.17, 15) is 14.0 Å². The molecule has 25 heavy (non-hydrogen) atoms. The number of ether oxygens (including phenoxy) is 2. The van der Waals surface area contributed by atoms with Gasteiger partial charge >= 0.3 is 0 Å². The Kier molecular flexibility index (Phi) is 6.33. The van der Waals surface area contributed by atoms with E-state index in [4.69, 9.17) is 9.47 Å². The Labute approximate surface area is 144 Å². The van der Waals surface area contributed by atoms with Crippen molar-refractivity contribution in [3.63, 3.8) is 0 Å². The van der Waals surface area contributed by atoms with Gasteiger partial charge in [-0.15, -0.1) is 0 Å². The predicted molar refractivity (Wildman–Crippen MR) is 89.7 cm³/mol. The first kappa shape index (κ1) is 18.3. The molecular weight excluding hydrogens is 327 g/mol. The quantitative estimate of drug-likeness (QED) is 0.788. The second-order valence-electron chi connectivity index (χ2n) is 5.12. The maximum absolute atomic E-state index is 13.1. The van der Waals surface area contributed by atoms with Crippen molar-refractivity contribution in [2.75, 3.05) is 6.61 Å². The van der Waals surface area contributed by atoms with Crippen LogP contribution < -0.4 is 20.3 Å². The van der Waals surface area contributed by atoms with Crippen molar-refractivity contribution >= 4 is 11.8 Å². The molecule has 0 saturated carbocycles. The van der Waals surface area contributed by atoms with Crippen LogP contribution in [0.1, 0.15) is 24.2 Å². The topological polar surface area (TPSA) is 76.7 Å². The second kappa shape index (κ2) is 8.68. The van der Waals surface area contributed by atoms with Gasteiger partial charge in [0, 0.05) is 5.56 Å². The van der Waals surface area contributed by atoms with Crippen molar-refractivity contribution in [2.24, 2.45) is 0 Å². The summed E-state index contributed by atoms with van der Waals surface area (Å²) in [5.74, 6) is -0.511. The van der Waals surface area contributed by atoms with Crippen LogP contribution in [0, 0.1) is 5.82 Å². The third-order valence-electron chi connectivity index (χ3n) is 3.20. The van der Waals surface area contributed by atoms with Gasteiger partial charge in [0.2, 0.25) is 0 Å². The third-order valence-corrected chi connectivity index (χ3v) is 3.20. The Morgan fingerprint density at radius 1 is 1.08 bits per heavy atom. The van der Waals surface area contributed by atoms with Crippen LogP contribution in [0.3, 0.4) is 0 Å². The average Bonchev–Trinajstić information content (AvgIpc) is 2.61. The smallest absolute Gasteiger partial charge is 0.279 e. The highest BCUT2D eigenvalue weighted by molar-refractivity contribution is 5.95. The van der Waals surface area contributed by atoms with Crippen LogP contribution in [0.5, 0.6) is 11.5 Å². The fourth-order valence-electron chi connectivity index (χ4n) is 1.96. The van der Waals surface area contributed by atoms with Gasteiger partial charge in [-0.1, -0.05) is 6.07 Å². The van der Waals surface area contributed by atoms with Gasteiger partial charge in [0.1, 0.15) is 17.3 Å². The van der Waals surface area contributed by atoms with Gasteiger partial charge in [0.05, 0.1) is 6.61 Å². The van der Waals surface area contributed by atoms with Crippen molar-refractivity contribution in [3.05, 3.63) is 59.9 Å². The van der Waals surface area contributed by atoms with E-state index in [-0.39, 0.29) is 5.56 Å². The molecule has 0 radical (unpaired) electrons. The van der Waals surface area contributed by atoms with E-state index >= 15 is 0 Å². The van der Waals surface area contributed by atoms with Gasteiger partial charge in [0.25, 0.3) is 11.8 Å². The molecule has 0 fully saturated rings. The fourth-order valence-corrected chi connectivity index (χ4v) is 1.96. The molecule has 1 unspecified atom stereocenters. The summed E-state index contributed by atoms with van der Waals surface area (Å²) in [6.45, 7) is 3.99. The first-order chi connectivity index (χ1) is 12.0. The lowest BCUT2D eigenvalue weighted by atomic mass is 10.2. The number of nitrogens with one attached hydrogen (secondary N) is 2. The Morgan fingerprint density at radius 2 is 1.76 bits per heavy atom. The van der Waals surface area contributed by atoms with Crippen molar-refractivity contribution in [1.82, 2.24) is 10.9 Å². The number of halogens is 1. The number of carbonyl (C=O) groups is 2. The summed E-state index contributed by atoms with van der Waals surface area (Å²) in [5.41, 5.74) is 4.55. The standard InChI is InChI=1S/C18H19FN2O4/c1-3-24-15-7-9-16(10-8-15)25-12(2)17(22)20-21-18(23)13-5-4-6-14(19)11-13/h4-12H,3H2,1-2H3,(H,20,22)(H,21,23). The number of benzene rings is 2. The van der Waals surface area contributed by atoms with E-state index in [2.05, 4.69) is 10.9 Å². The molecule has 6 nitrogen and oxygen atoms in total. The number of hydrogen-bond donors (Lipinski definition) is 2. The van der Waals surface area contributed by atoms with Gasteiger partial charge in [-0.2, -0.15) is 0 Å². The van der Waals surface area contributed by atoms with Crippen molar-refractivity contribution in [2.45, 2.75) is 20.0 Å². The minimum Gasteiger partial charge on any atom is -0.494 e. The molecule has 0 aromatic heterocycles. The summed E-state index contributed by atoms with van der Waals surface area (Å²) in [7, 11) is 0. The van der Waals surface area contributed by atoms with Crippen LogP contribution in [0.4, 0.5) is 4.39 Å². The van der Waals surface area contributed by atoms with Crippen molar-refractivity contribution in [1.29, 1.82) is 0 Å². The van der Waals surface area contributed by atoms with Crippen LogP contribution in [-0.2, 0) is 4.79 Å². The molecule has 2 aromatic rings. The summed E-state index contributed by atoms with van der Waals surface area (Å²) in [4.78, 5) is 23.8. The lowest BCUT2D eigenvalue weighted by Crippen LogP contribution is -2.47. The monoisotopic (exact) mass is 346 g/mol. The number of hydrazine groups is 1. The first-order valence-electron chi connectivity index (χ1n) is 7.75. The van der Waals surface area contributed by atoms with Gasteiger partial charge in [0.15, 0.2) is 6.10 Å². The molecule has 0 saturated heterocycles. The van der Waals surface area contributed by atoms with Crippen LogP contribution >= 0.6 is 0 Å². The number of amides is 2. The summed E-state index contributed by atoms with van der Waals surface area (Å²) in [5, 5.41) is 0. The lowest BCUT2D eigenvalue weighted by molar-refractivity contribution is -0.128. The molecule has 1 atom stereocenters. The highest BCUT2D eigenvalue weighted by atomic mass is 19.1. The Hall–Kier alpha value is -3.09. The Balaban J connectivity index is 1.84. The molecule has 0 bridgehead atoms. The number of hydrogen-bond acceptors (Lipinski definition) is 4. The molecule has 2 rings (SSSR count). The third kappa shape index (κ3) is 5.49. The van der Waals surface area contributed by atoms with Crippen LogP contribution in [0.2, 0.25) is 0 Å². The predicted octanol–water partition coefficient (Wildman–Crippen LogP) is 2.45. The lowest BCUT2D eigenvalue weighted by Gasteiger charge is -2.15. The molecule has 0 aliphatic carbocycles. The summed E-state index contributed by atoms with van der Waals surface area (Å²) in [6, 6.07) is 12.0. The molecule has 0 heterocycles. The maximum Gasteiger partial charge on any atom is 0.279 e. The van der Waals surface area contributed by atoms with E-state index in [1.807, 2.05) is 6.92 Å². The molecule has 2 aromatic carbocycles. The fraction of sp³-hybridized carbons (Fsp3) is 0.222. The normalized spacial score (nSPS) is 11.3. The summed E-state index contributed by atoms with van der Waals surface area (Å²) < 4.78 is 23.9. The zero-order valence-corrected chi connectivity index (χ0v) is 13.9. The van der Waals surface area contributed by atoms with E-state index in [0.717, 1.165) is 6.07 Å². The molecule has 7 heteroatoms. The van der Waals surface area contributed by atoms with E-state index in [1.54, 1.807) is 31.2 Å². The molecule has 0 aliphatic rings. The van der Waals surface area contributed by atoms with Crippen LogP contribution in [0.15, 0.2) is 48.5 Å². The number of carbonyl (C=O) groups excluding carboxylic acids is 2. The Bertz CT molecular complexity index is 734. The minimum absolute atomic E-state index is 0.0976.